The summed E-state index contributed by atoms with van der Waals surface area (Å²) in [5.41, 5.74) is 2.09. The lowest BCUT2D eigenvalue weighted by Crippen LogP contribution is -2.42. The van der Waals surface area contributed by atoms with E-state index < -0.39 is 0 Å². The highest BCUT2D eigenvalue weighted by Gasteiger charge is 2.32. The molecule has 0 radical (unpaired) electrons. The zero-order chi connectivity index (χ0) is 21.2. The standard InChI is InChI=1S/C25H33N3O3/c1-30-21-10-9-19-14-20(24(26-23(19)15-21)27-11-2-3-12-27)16-28(17-22-8-5-13-31-22)25(29)18-6-4-7-18/h9-10,14-15,18,22H,2-8,11-13,16-17H2,1H3. The molecule has 3 heterocycles. The number of rotatable bonds is 7. The van der Waals surface area contributed by atoms with Crippen LogP contribution in [0, 0.1) is 5.92 Å². The second-order valence-electron chi connectivity index (χ2n) is 9.21. The van der Waals surface area contributed by atoms with Gasteiger partial charge in [0.15, 0.2) is 0 Å². The maximum absolute atomic E-state index is 13.3. The molecule has 3 aliphatic rings. The van der Waals surface area contributed by atoms with E-state index in [0.717, 1.165) is 73.4 Å². The van der Waals surface area contributed by atoms with Crippen LogP contribution in [0.5, 0.6) is 5.75 Å². The summed E-state index contributed by atoms with van der Waals surface area (Å²) in [5.74, 6) is 2.33. The van der Waals surface area contributed by atoms with Gasteiger partial charge in [-0.2, -0.15) is 0 Å². The number of pyridine rings is 1. The second-order valence-corrected chi connectivity index (χ2v) is 9.21. The Morgan fingerprint density at radius 3 is 2.68 bits per heavy atom. The van der Waals surface area contributed by atoms with E-state index in [4.69, 9.17) is 14.5 Å². The average molecular weight is 424 g/mol. The van der Waals surface area contributed by atoms with E-state index in [1.54, 1.807) is 7.11 Å². The molecule has 31 heavy (non-hydrogen) atoms. The van der Waals surface area contributed by atoms with Crippen LogP contribution >= 0.6 is 0 Å². The summed E-state index contributed by atoms with van der Waals surface area (Å²) >= 11 is 0. The molecule has 6 nitrogen and oxygen atoms in total. The Morgan fingerprint density at radius 1 is 1.16 bits per heavy atom. The minimum Gasteiger partial charge on any atom is -0.497 e. The van der Waals surface area contributed by atoms with Crippen molar-refractivity contribution in [3.05, 3.63) is 29.8 Å². The number of ether oxygens (including phenoxy) is 2. The number of aromatic nitrogens is 1. The van der Waals surface area contributed by atoms with Crippen molar-refractivity contribution >= 4 is 22.6 Å². The van der Waals surface area contributed by atoms with Crippen LogP contribution in [0.4, 0.5) is 5.82 Å². The third kappa shape index (κ3) is 4.36. The number of anilines is 1. The van der Waals surface area contributed by atoms with E-state index >= 15 is 0 Å². The summed E-state index contributed by atoms with van der Waals surface area (Å²) in [5, 5.41) is 1.09. The van der Waals surface area contributed by atoms with E-state index in [0.29, 0.717) is 19.0 Å². The molecule has 2 saturated heterocycles. The Kier molecular flexibility index (Phi) is 5.99. The van der Waals surface area contributed by atoms with Gasteiger partial charge in [0.2, 0.25) is 5.91 Å². The fraction of sp³-hybridized carbons (Fsp3) is 0.600. The molecule has 1 unspecified atom stereocenters. The molecule has 5 rings (SSSR count). The Balaban J connectivity index is 1.48. The molecule has 0 N–H and O–H groups in total. The largest absolute Gasteiger partial charge is 0.497 e. The molecule has 1 aromatic heterocycles. The van der Waals surface area contributed by atoms with Gasteiger partial charge in [-0.05, 0) is 56.7 Å². The zero-order valence-corrected chi connectivity index (χ0v) is 18.5. The maximum Gasteiger partial charge on any atom is 0.226 e. The molecule has 3 fully saturated rings. The average Bonchev–Trinajstić information content (AvgIpc) is 3.45. The van der Waals surface area contributed by atoms with Crippen LogP contribution in [-0.4, -0.2) is 55.2 Å². The van der Waals surface area contributed by atoms with Gasteiger partial charge in [-0.3, -0.25) is 4.79 Å². The first-order chi connectivity index (χ1) is 15.2. The highest BCUT2D eigenvalue weighted by atomic mass is 16.5. The van der Waals surface area contributed by atoms with Gasteiger partial charge in [-0.25, -0.2) is 4.98 Å². The molecule has 6 heteroatoms. The van der Waals surface area contributed by atoms with E-state index in [9.17, 15) is 4.79 Å². The molecule has 1 aromatic carbocycles. The first-order valence-corrected chi connectivity index (χ1v) is 11.8. The van der Waals surface area contributed by atoms with Gasteiger partial charge in [-0.1, -0.05) is 6.42 Å². The summed E-state index contributed by atoms with van der Waals surface area (Å²) in [4.78, 5) is 22.8. The van der Waals surface area contributed by atoms with Crippen LogP contribution in [0.3, 0.4) is 0 Å². The number of fused-ring (bicyclic) bond motifs is 1. The quantitative estimate of drug-likeness (QED) is 0.670. The van der Waals surface area contributed by atoms with Crippen LogP contribution in [0.15, 0.2) is 24.3 Å². The van der Waals surface area contributed by atoms with Crippen molar-refractivity contribution in [2.75, 3.05) is 38.3 Å². The van der Waals surface area contributed by atoms with E-state index in [2.05, 4.69) is 21.9 Å². The van der Waals surface area contributed by atoms with Crippen molar-refractivity contribution < 1.29 is 14.3 Å². The predicted molar refractivity (Wildman–Crippen MR) is 121 cm³/mol. The van der Waals surface area contributed by atoms with Crippen molar-refractivity contribution in [3.63, 3.8) is 0 Å². The van der Waals surface area contributed by atoms with E-state index in [-0.39, 0.29) is 12.0 Å². The summed E-state index contributed by atoms with van der Waals surface area (Å²) in [7, 11) is 1.69. The van der Waals surface area contributed by atoms with E-state index in [1.807, 2.05) is 12.1 Å². The van der Waals surface area contributed by atoms with E-state index in [1.165, 1.54) is 19.3 Å². The van der Waals surface area contributed by atoms with Gasteiger partial charge in [0.05, 0.1) is 18.7 Å². The highest BCUT2D eigenvalue weighted by Crippen LogP contribution is 2.33. The van der Waals surface area contributed by atoms with Crippen LogP contribution in [0.25, 0.3) is 10.9 Å². The fourth-order valence-electron chi connectivity index (χ4n) is 5.01. The Morgan fingerprint density at radius 2 is 2.00 bits per heavy atom. The second kappa shape index (κ2) is 9.03. The molecule has 0 bridgehead atoms. The lowest BCUT2D eigenvalue weighted by molar-refractivity contribution is -0.140. The smallest absolute Gasteiger partial charge is 0.226 e. The number of carbonyl (C=O) groups excluding carboxylic acids is 1. The van der Waals surface area contributed by atoms with Crippen LogP contribution < -0.4 is 9.64 Å². The molecule has 1 aliphatic carbocycles. The van der Waals surface area contributed by atoms with Crippen LogP contribution in [0.1, 0.15) is 50.5 Å². The number of carbonyl (C=O) groups is 1. The highest BCUT2D eigenvalue weighted by molar-refractivity contribution is 5.84. The number of nitrogens with zero attached hydrogens (tertiary/aromatic N) is 3. The third-order valence-electron chi connectivity index (χ3n) is 7.06. The van der Waals surface area contributed by atoms with Gasteiger partial charge in [-0.15, -0.1) is 0 Å². The topological polar surface area (TPSA) is 54.9 Å². The number of amides is 1. The minimum atomic E-state index is 0.164. The van der Waals surface area contributed by atoms with Gasteiger partial charge in [0.1, 0.15) is 11.6 Å². The Hall–Kier alpha value is -2.34. The first-order valence-electron chi connectivity index (χ1n) is 11.8. The molecule has 0 spiro atoms. The number of hydrogen-bond acceptors (Lipinski definition) is 5. The number of benzene rings is 1. The summed E-state index contributed by atoms with van der Waals surface area (Å²) < 4.78 is 11.3. The summed E-state index contributed by atoms with van der Waals surface area (Å²) in [6, 6.07) is 8.28. The lowest BCUT2D eigenvalue weighted by Gasteiger charge is -2.34. The van der Waals surface area contributed by atoms with Crippen molar-refractivity contribution in [1.29, 1.82) is 0 Å². The molecule has 166 valence electrons. The molecular weight excluding hydrogens is 390 g/mol. The van der Waals surface area contributed by atoms with Crippen molar-refractivity contribution in [2.24, 2.45) is 5.92 Å². The zero-order valence-electron chi connectivity index (χ0n) is 18.5. The molecule has 2 aromatic rings. The molecule has 1 atom stereocenters. The van der Waals surface area contributed by atoms with Crippen LogP contribution in [0.2, 0.25) is 0 Å². The van der Waals surface area contributed by atoms with Gasteiger partial charge >= 0.3 is 0 Å². The van der Waals surface area contributed by atoms with Gasteiger partial charge < -0.3 is 19.3 Å². The summed E-state index contributed by atoms with van der Waals surface area (Å²) in [6.07, 6.45) is 7.90. The minimum absolute atomic E-state index is 0.164. The number of hydrogen-bond donors (Lipinski definition) is 0. The monoisotopic (exact) mass is 423 g/mol. The first kappa shape index (κ1) is 20.6. The molecule has 1 saturated carbocycles. The van der Waals surface area contributed by atoms with Crippen molar-refractivity contribution in [2.45, 2.75) is 57.6 Å². The summed E-state index contributed by atoms with van der Waals surface area (Å²) in [6.45, 7) is 4.16. The van der Waals surface area contributed by atoms with Crippen LogP contribution in [-0.2, 0) is 16.1 Å². The normalized spacial score (nSPS) is 21.5. The molecule has 1 amide bonds. The lowest BCUT2D eigenvalue weighted by atomic mass is 9.84. The predicted octanol–water partition coefficient (Wildman–Crippen LogP) is 4.15. The van der Waals surface area contributed by atoms with Crippen molar-refractivity contribution in [1.82, 2.24) is 9.88 Å². The maximum atomic E-state index is 13.3. The fourth-order valence-corrected chi connectivity index (χ4v) is 5.01. The SMILES string of the molecule is COc1ccc2cc(CN(CC3CCCO3)C(=O)C3CCC3)c(N3CCCC3)nc2c1. The van der Waals surface area contributed by atoms with Gasteiger partial charge in [0, 0.05) is 55.7 Å². The van der Waals surface area contributed by atoms with Gasteiger partial charge in [0.25, 0.3) is 0 Å². The molecule has 2 aliphatic heterocycles. The third-order valence-corrected chi connectivity index (χ3v) is 7.06. The number of methoxy groups -OCH3 is 1. The Bertz CT molecular complexity index is 931. The Labute approximate surface area is 184 Å². The van der Waals surface area contributed by atoms with Crippen molar-refractivity contribution in [3.8, 4) is 5.75 Å². The molecular formula is C25H33N3O3.